The van der Waals surface area contributed by atoms with Crippen LogP contribution in [0.1, 0.15) is 33.1 Å². The fraction of sp³-hybridized carbons (Fsp3) is 0.500. The zero-order valence-electron chi connectivity index (χ0n) is 12.3. The van der Waals surface area contributed by atoms with Crippen molar-refractivity contribution in [3.05, 3.63) is 24.3 Å². The smallest absolute Gasteiger partial charge is 0.303 e. The highest BCUT2D eigenvalue weighted by Crippen LogP contribution is 2.15. The SMILES string of the molecule is CCCNS(=O)(=O)c1ccc(NC(C)CCC(=O)O)cc1. The quantitative estimate of drug-likeness (QED) is 0.648. The zero-order chi connectivity index (χ0) is 15.9. The zero-order valence-corrected chi connectivity index (χ0v) is 13.1. The highest BCUT2D eigenvalue weighted by molar-refractivity contribution is 7.89. The number of nitrogens with one attached hydrogen (secondary N) is 2. The molecule has 0 spiro atoms. The Kier molecular flexibility index (Phi) is 6.64. The Morgan fingerprint density at radius 1 is 1.29 bits per heavy atom. The van der Waals surface area contributed by atoms with Crippen molar-refractivity contribution in [1.29, 1.82) is 0 Å². The highest BCUT2D eigenvalue weighted by Gasteiger charge is 2.13. The van der Waals surface area contributed by atoms with Crippen LogP contribution in [0.2, 0.25) is 0 Å². The third-order valence-corrected chi connectivity index (χ3v) is 4.39. The third kappa shape index (κ3) is 6.14. The Hall–Kier alpha value is -1.60. The molecule has 0 bridgehead atoms. The number of hydrogen-bond acceptors (Lipinski definition) is 4. The van der Waals surface area contributed by atoms with Crippen LogP contribution in [0, 0.1) is 0 Å². The minimum atomic E-state index is -3.44. The number of anilines is 1. The molecule has 0 saturated heterocycles. The predicted octanol–water partition coefficient (Wildman–Crippen LogP) is 2.04. The predicted molar refractivity (Wildman–Crippen MR) is 81.9 cm³/mol. The summed E-state index contributed by atoms with van der Waals surface area (Å²) >= 11 is 0. The lowest BCUT2D eigenvalue weighted by Gasteiger charge is -2.14. The van der Waals surface area contributed by atoms with Gasteiger partial charge in [0.2, 0.25) is 10.0 Å². The van der Waals surface area contributed by atoms with Crippen LogP contribution in [0.4, 0.5) is 5.69 Å². The molecule has 0 heterocycles. The van der Waals surface area contributed by atoms with Crippen molar-refractivity contribution < 1.29 is 18.3 Å². The lowest BCUT2D eigenvalue weighted by Crippen LogP contribution is -2.24. The summed E-state index contributed by atoms with van der Waals surface area (Å²) in [7, 11) is -3.44. The average Bonchev–Trinajstić information content (AvgIpc) is 2.43. The van der Waals surface area contributed by atoms with Crippen LogP contribution < -0.4 is 10.0 Å². The normalized spacial score (nSPS) is 12.9. The van der Waals surface area contributed by atoms with Gasteiger partial charge < -0.3 is 10.4 Å². The van der Waals surface area contributed by atoms with Crippen molar-refractivity contribution in [3.8, 4) is 0 Å². The van der Waals surface area contributed by atoms with Crippen LogP contribution in [-0.2, 0) is 14.8 Å². The van der Waals surface area contributed by atoms with E-state index in [2.05, 4.69) is 10.0 Å². The van der Waals surface area contributed by atoms with Crippen molar-refractivity contribution in [3.63, 3.8) is 0 Å². The van der Waals surface area contributed by atoms with E-state index in [1.165, 1.54) is 12.1 Å². The number of carbonyl (C=O) groups is 1. The minimum absolute atomic E-state index is 0.00164. The van der Waals surface area contributed by atoms with E-state index in [0.29, 0.717) is 13.0 Å². The fourth-order valence-corrected chi connectivity index (χ4v) is 2.88. The molecule has 6 nitrogen and oxygen atoms in total. The molecule has 3 N–H and O–H groups in total. The van der Waals surface area contributed by atoms with E-state index in [4.69, 9.17) is 5.11 Å². The molecule has 0 aliphatic rings. The average molecular weight is 314 g/mol. The van der Waals surface area contributed by atoms with Crippen LogP contribution >= 0.6 is 0 Å². The van der Waals surface area contributed by atoms with Gasteiger partial charge in [-0.25, -0.2) is 13.1 Å². The molecule has 0 aromatic heterocycles. The fourth-order valence-electron chi connectivity index (χ4n) is 1.75. The van der Waals surface area contributed by atoms with Crippen LogP contribution in [0.15, 0.2) is 29.2 Å². The van der Waals surface area contributed by atoms with E-state index in [1.54, 1.807) is 12.1 Å². The number of carboxylic acid groups (broad SMARTS) is 1. The second-order valence-electron chi connectivity index (χ2n) is 4.90. The molecular weight excluding hydrogens is 292 g/mol. The summed E-state index contributed by atoms with van der Waals surface area (Å²) in [5, 5.41) is 11.8. The van der Waals surface area contributed by atoms with Gasteiger partial charge in [0, 0.05) is 24.7 Å². The maximum atomic E-state index is 11.9. The number of sulfonamides is 1. The van der Waals surface area contributed by atoms with Gasteiger partial charge in [0.25, 0.3) is 0 Å². The van der Waals surface area contributed by atoms with Gasteiger partial charge in [-0.1, -0.05) is 6.92 Å². The Morgan fingerprint density at radius 3 is 2.43 bits per heavy atom. The number of benzene rings is 1. The lowest BCUT2D eigenvalue weighted by molar-refractivity contribution is -0.137. The topological polar surface area (TPSA) is 95.5 Å². The van der Waals surface area contributed by atoms with Gasteiger partial charge in [0.15, 0.2) is 0 Å². The molecule has 0 fully saturated rings. The van der Waals surface area contributed by atoms with Gasteiger partial charge in [-0.2, -0.15) is 0 Å². The number of carboxylic acids is 1. The highest BCUT2D eigenvalue weighted by atomic mass is 32.2. The van der Waals surface area contributed by atoms with E-state index in [9.17, 15) is 13.2 Å². The van der Waals surface area contributed by atoms with Gasteiger partial charge in [0.1, 0.15) is 0 Å². The van der Waals surface area contributed by atoms with E-state index < -0.39 is 16.0 Å². The number of hydrogen-bond donors (Lipinski definition) is 3. The van der Waals surface area contributed by atoms with Crippen molar-refractivity contribution in [2.45, 2.75) is 44.0 Å². The number of aliphatic carboxylic acids is 1. The van der Waals surface area contributed by atoms with Crippen LogP contribution in [0.5, 0.6) is 0 Å². The summed E-state index contributed by atoms with van der Waals surface area (Å²) in [6, 6.07) is 6.42. The number of rotatable bonds is 9. The van der Waals surface area contributed by atoms with Crippen LogP contribution in [0.3, 0.4) is 0 Å². The second kappa shape index (κ2) is 7.99. The molecule has 0 amide bonds. The summed E-state index contributed by atoms with van der Waals surface area (Å²) in [5.74, 6) is -0.827. The molecule has 21 heavy (non-hydrogen) atoms. The van der Waals surface area contributed by atoms with E-state index in [-0.39, 0.29) is 17.4 Å². The summed E-state index contributed by atoms with van der Waals surface area (Å²) in [4.78, 5) is 10.7. The summed E-state index contributed by atoms with van der Waals surface area (Å²) in [6.45, 7) is 4.19. The molecule has 118 valence electrons. The molecule has 1 atom stereocenters. The Bertz CT molecular complexity index is 555. The first kappa shape index (κ1) is 17.5. The summed E-state index contributed by atoms with van der Waals surface area (Å²) in [5.41, 5.74) is 0.766. The Morgan fingerprint density at radius 2 is 1.90 bits per heavy atom. The first-order valence-corrected chi connectivity index (χ1v) is 8.41. The standard InChI is InChI=1S/C14H22N2O4S/c1-3-10-15-21(19,20)13-7-5-12(6-8-13)16-11(2)4-9-14(17)18/h5-8,11,15-16H,3-4,9-10H2,1-2H3,(H,17,18). The molecule has 1 aromatic rings. The maximum absolute atomic E-state index is 11.9. The molecule has 0 aliphatic carbocycles. The summed E-state index contributed by atoms with van der Waals surface area (Å²) in [6.07, 6.45) is 1.34. The van der Waals surface area contributed by atoms with Gasteiger partial charge in [-0.3, -0.25) is 4.79 Å². The molecular formula is C14H22N2O4S. The van der Waals surface area contributed by atoms with Crippen molar-refractivity contribution in [1.82, 2.24) is 4.72 Å². The van der Waals surface area contributed by atoms with Gasteiger partial charge >= 0.3 is 5.97 Å². The molecule has 7 heteroatoms. The molecule has 0 aliphatic heterocycles. The molecule has 0 saturated carbocycles. The Balaban J connectivity index is 2.63. The first-order chi connectivity index (χ1) is 9.85. The van der Waals surface area contributed by atoms with Gasteiger partial charge in [-0.05, 0) is 44.0 Å². The molecule has 0 radical (unpaired) electrons. The molecule has 1 aromatic carbocycles. The lowest BCUT2D eigenvalue weighted by atomic mass is 10.1. The Labute approximate surface area is 125 Å². The van der Waals surface area contributed by atoms with Gasteiger partial charge in [0.05, 0.1) is 4.90 Å². The first-order valence-electron chi connectivity index (χ1n) is 6.93. The third-order valence-electron chi connectivity index (χ3n) is 2.91. The monoisotopic (exact) mass is 314 g/mol. The second-order valence-corrected chi connectivity index (χ2v) is 6.67. The van der Waals surface area contributed by atoms with Crippen LogP contribution in [0.25, 0.3) is 0 Å². The minimum Gasteiger partial charge on any atom is -0.481 e. The van der Waals surface area contributed by atoms with Gasteiger partial charge in [-0.15, -0.1) is 0 Å². The molecule has 1 unspecified atom stereocenters. The van der Waals surface area contributed by atoms with Crippen molar-refractivity contribution in [2.75, 3.05) is 11.9 Å². The summed E-state index contributed by atoms with van der Waals surface area (Å²) < 4.78 is 26.3. The van der Waals surface area contributed by atoms with E-state index in [1.807, 2.05) is 13.8 Å². The van der Waals surface area contributed by atoms with Crippen molar-refractivity contribution >= 4 is 21.7 Å². The van der Waals surface area contributed by atoms with E-state index in [0.717, 1.165) is 12.1 Å². The largest absolute Gasteiger partial charge is 0.481 e. The van der Waals surface area contributed by atoms with Crippen molar-refractivity contribution in [2.24, 2.45) is 0 Å². The van der Waals surface area contributed by atoms with E-state index >= 15 is 0 Å². The molecule has 1 rings (SSSR count). The van der Waals surface area contributed by atoms with Crippen LogP contribution in [-0.4, -0.2) is 32.1 Å². The maximum Gasteiger partial charge on any atom is 0.303 e.